The Kier molecular flexibility index (Phi) is 2.92. The van der Waals surface area contributed by atoms with Crippen LogP contribution in [0.3, 0.4) is 0 Å². The van der Waals surface area contributed by atoms with Crippen LogP contribution in [0, 0.1) is 24.7 Å². The maximum Gasteiger partial charge on any atom is 0.341 e. The standard InChI is InChI=1S/C17H24N2O2/c1-3-21-16(20)14-10(2)18-19-15(14)17-7-11-4-12(8-17)6-13(5-11)9-17/h11-13H,3-9H2,1-2H3,(H,18,19). The predicted octanol–water partition coefficient (Wildman–Crippen LogP) is 3.36. The molecule has 1 aromatic heterocycles. The van der Waals surface area contributed by atoms with Crippen LogP contribution in [0.4, 0.5) is 0 Å². The quantitative estimate of drug-likeness (QED) is 0.868. The van der Waals surface area contributed by atoms with Crippen molar-refractivity contribution in [3.05, 3.63) is 17.0 Å². The van der Waals surface area contributed by atoms with Crippen molar-refractivity contribution in [2.24, 2.45) is 17.8 Å². The number of carbonyl (C=O) groups is 1. The molecule has 5 rings (SSSR count). The van der Waals surface area contributed by atoms with Gasteiger partial charge in [-0.05, 0) is 70.1 Å². The van der Waals surface area contributed by atoms with Crippen molar-refractivity contribution >= 4 is 5.97 Å². The van der Waals surface area contributed by atoms with Crippen LogP contribution in [0.15, 0.2) is 0 Å². The summed E-state index contributed by atoms with van der Waals surface area (Å²) in [5, 5.41) is 7.63. The number of hydrogen-bond donors (Lipinski definition) is 1. The second kappa shape index (κ2) is 4.59. The average Bonchev–Trinajstić information content (AvgIpc) is 2.80. The third-order valence-electron chi connectivity index (χ3n) is 5.97. The largest absolute Gasteiger partial charge is 0.462 e. The van der Waals surface area contributed by atoms with Crippen LogP contribution in [-0.4, -0.2) is 22.8 Å². The van der Waals surface area contributed by atoms with Crippen molar-refractivity contribution < 1.29 is 9.53 Å². The van der Waals surface area contributed by atoms with Gasteiger partial charge < -0.3 is 4.74 Å². The summed E-state index contributed by atoms with van der Waals surface area (Å²) in [7, 11) is 0. The number of H-pyrrole nitrogens is 1. The monoisotopic (exact) mass is 288 g/mol. The summed E-state index contributed by atoms with van der Waals surface area (Å²) in [4.78, 5) is 12.4. The van der Waals surface area contributed by atoms with E-state index in [1.165, 1.54) is 38.5 Å². The van der Waals surface area contributed by atoms with E-state index in [-0.39, 0.29) is 11.4 Å². The highest BCUT2D eigenvalue weighted by molar-refractivity contribution is 5.92. The van der Waals surface area contributed by atoms with E-state index in [9.17, 15) is 4.79 Å². The van der Waals surface area contributed by atoms with Gasteiger partial charge in [0, 0.05) is 11.1 Å². The van der Waals surface area contributed by atoms with E-state index >= 15 is 0 Å². The first-order valence-electron chi connectivity index (χ1n) is 8.34. The highest BCUT2D eigenvalue weighted by atomic mass is 16.5. The summed E-state index contributed by atoms with van der Waals surface area (Å²) in [6.45, 7) is 4.21. The summed E-state index contributed by atoms with van der Waals surface area (Å²) < 4.78 is 5.27. The van der Waals surface area contributed by atoms with Crippen LogP contribution in [0.5, 0.6) is 0 Å². The zero-order valence-electron chi connectivity index (χ0n) is 12.9. The molecule has 1 aromatic rings. The van der Waals surface area contributed by atoms with Crippen molar-refractivity contribution in [2.75, 3.05) is 6.61 Å². The number of aryl methyl sites for hydroxylation is 1. The predicted molar refractivity (Wildman–Crippen MR) is 79.1 cm³/mol. The third-order valence-corrected chi connectivity index (χ3v) is 5.97. The Balaban J connectivity index is 1.75. The maximum atomic E-state index is 12.4. The highest BCUT2D eigenvalue weighted by Crippen LogP contribution is 2.60. The molecule has 0 aromatic carbocycles. The smallest absolute Gasteiger partial charge is 0.341 e. The van der Waals surface area contributed by atoms with Gasteiger partial charge in [-0.25, -0.2) is 4.79 Å². The number of nitrogens with one attached hydrogen (secondary N) is 1. The number of rotatable bonds is 3. The van der Waals surface area contributed by atoms with Gasteiger partial charge >= 0.3 is 5.97 Å². The van der Waals surface area contributed by atoms with Gasteiger partial charge in [0.2, 0.25) is 0 Å². The van der Waals surface area contributed by atoms with Crippen molar-refractivity contribution in [3.8, 4) is 0 Å². The Hall–Kier alpha value is -1.32. The van der Waals surface area contributed by atoms with Crippen LogP contribution < -0.4 is 0 Å². The Bertz CT molecular complexity index is 540. The Labute approximate surface area is 125 Å². The second-order valence-corrected chi connectivity index (χ2v) is 7.49. The molecule has 0 saturated heterocycles. The molecule has 4 aliphatic rings. The van der Waals surface area contributed by atoms with E-state index in [0.29, 0.717) is 6.61 Å². The molecule has 1 N–H and O–H groups in total. The minimum absolute atomic E-state index is 0.140. The van der Waals surface area contributed by atoms with E-state index in [2.05, 4.69) is 10.2 Å². The molecule has 0 spiro atoms. The highest BCUT2D eigenvalue weighted by Gasteiger charge is 2.54. The van der Waals surface area contributed by atoms with Crippen molar-refractivity contribution in [1.29, 1.82) is 0 Å². The van der Waals surface area contributed by atoms with E-state index in [0.717, 1.165) is 34.7 Å². The van der Waals surface area contributed by atoms with E-state index < -0.39 is 0 Å². The molecule has 114 valence electrons. The Morgan fingerprint density at radius 1 is 1.24 bits per heavy atom. The second-order valence-electron chi connectivity index (χ2n) is 7.49. The van der Waals surface area contributed by atoms with Gasteiger partial charge in [-0.3, -0.25) is 5.10 Å². The molecule has 1 heterocycles. The van der Waals surface area contributed by atoms with Crippen LogP contribution in [0.1, 0.15) is 67.2 Å². The van der Waals surface area contributed by atoms with Gasteiger partial charge in [-0.2, -0.15) is 5.10 Å². The molecule has 4 bridgehead atoms. The molecular weight excluding hydrogens is 264 g/mol. The zero-order chi connectivity index (χ0) is 14.6. The maximum absolute atomic E-state index is 12.4. The first-order chi connectivity index (χ1) is 10.1. The molecule has 0 unspecified atom stereocenters. The number of nitrogens with zero attached hydrogens (tertiary/aromatic N) is 1. The minimum Gasteiger partial charge on any atom is -0.462 e. The molecule has 0 radical (unpaired) electrons. The number of aromatic amines is 1. The lowest BCUT2D eigenvalue weighted by atomic mass is 9.48. The molecular formula is C17H24N2O2. The summed E-state index contributed by atoms with van der Waals surface area (Å²) in [5.41, 5.74) is 2.73. The van der Waals surface area contributed by atoms with Crippen molar-refractivity contribution in [2.45, 2.75) is 57.8 Å². The van der Waals surface area contributed by atoms with Crippen molar-refractivity contribution in [3.63, 3.8) is 0 Å². The van der Waals surface area contributed by atoms with E-state index in [1.54, 1.807) is 0 Å². The molecule has 0 aliphatic heterocycles. The van der Waals surface area contributed by atoms with Crippen LogP contribution in [0.25, 0.3) is 0 Å². The van der Waals surface area contributed by atoms with Crippen LogP contribution >= 0.6 is 0 Å². The van der Waals surface area contributed by atoms with Crippen molar-refractivity contribution in [1.82, 2.24) is 10.2 Å². The number of aromatic nitrogens is 2. The lowest BCUT2D eigenvalue weighted by molar-refractivity contribution is -0.00805. The number of ether oxygens (including phenoxy) is 1. The molecule has 4 nitrogen and oxygen atoms in total. The third kappa shape index (κ3) is 1.95. The molecule has 4 saturated carbocycles. The topological polar surface area (TPSA) is 55.0 Å². The lowest BCUT2D eigenvalue weighted by Crippen LogP contribution is -2.49. The molecule has 21 heavy (non-hydrogen) atoms. The summed E-state index contributed by atoms with van der Waals surface area (Å²) in [6.07, 6.45) is 7.85. The Morgan fingerprint density at radius 3 is 2.33 bits per heavy atom. The molecule has 4 heteroatoms. The zero-order valence-corrected chi connectivity index (χ0v) is 12.9. The fraction of sp³-hybridized carbons (Fsp3) is 0.765. The summed E-state index contributed by atoms with van der Waals surface area (Å²) in [6, 6.07) is 0. The molecule has 4 aliphatic carbocycles. The SMILES string of the molecule is CCOC(=O)c1c(C23CC4CC(CC(C4)C2)C3)n[nH]c1C. The average molecular weight is 288 g/mol. The number of esters is 1. The Morgan fingerprint density at radius 2 is 1.81 bits per heavy atom. The van der Waals surface area contributed by atoms with E-state index in [4.69, 9.17) is 4.74 Å². The normalized spacial score (nSPS) is 37.0. The van der Waals surface area contributed by atoms with Gasteiger partial charge in [0.1, 0.15) is 5.56 Å². The van der Waals surface area contributed by atoms with Crippen LogP contribution in [-0.2, 0) is 10.2 Å². The van der Waals surface area contributed by atoms with Gasteiger partial charge in [-0.15, -0.1) is 0 Å². The minimum atomic E-state index is -0.200. The van der Waals surface area contributed by atoms with Gasteiger partial charge in [0.25, 0.3) is 0 Å². The molecule has 0 amide bonds. The fourth-order valence-electron chi connectivity index (χ4n) is 5.67. The first kappa shape index (κ1) is 13.4. The molecule has 0 atom stereocenters. The lowest BCUT2D eigenvalue weighted by Gasteiger charge is -2.56. The van der Waals surface area contributed by atoms with Gasteiger partial charge in [0.15, 0.2) is 0 Å². The first-order valence-corrected chi connectivity index (χ1v) is 8.34. The van der Waals surface area contributed by atoms with Gasteiger partial charge in [0.05, 0.1) is 12.3 Å². The number of carbonyl (C=O) groups excluding carboxylic acids is 1. The fourth-order valence-corrected chi connectivity index (χ4v) is 5.67. The number of hydrogen-bond acceptors (Lipinski definition) is 3. The summed E-state index contributed by atoms with van der Waals surface area (Å²) >= 11 is 0. The summed E-state index contributed by atoms with van der Waals surface area (Å²) in [5.74, 6) is 2.35. The van der Waals surface area contributed by atoms with E-state index in [1.807, 2.05) is 13.8 Å². The van der Waals surface area contributed by atoms with Gasteiger partial charge in [-0.1, -0.05) is 0 Å². The molecule has 4 fully saturated rings. The van der Waals surface area contributed by atoms with Crippen LogP contribution in [0.2, 0.25) is 0 Å².